The molecule has 0 radical (unpaired) electrons. The van der Waals surface area contributed by atoms with Crippen molar-refractivity contribution in [1.82, 2.24) is 9.97 Å². The second kappa shape index (κ2) is 4.83. The molecule has 2 aliphatic heterocycles. The second-order valence-corrected chi connectivity index (χ2v) is 6.84. The molecule has 0 bridgehead atoms. The van der Waals surface area contributed by atoms with Crippen LogP contribution in [0.25, 0.3) is 5.76 Å². The molecule has 0 fully saturated rings. The van der Waals surface area contributed by atoms with Crippen LogP contribution in [0.15, 0.2) is 65.2 Å². The molecule has 1 aromatic heterocycles. The number of aromatic amines is 1. The number of rotatable bonds is 0. The molecule has 7 nitrogen and oxygen atoms in total. The normalized spacial score (nSPS) is 21.0. The average Bonchev–Trinajstić information content (AvgIpc) is 3.15. The molecule has 6 rings (SSSR count). The van der Waals surface area contributed by atoms with Crippen molar-refractivity contribution in [2.45, 2.75) is 5.41 Å². The van der Waals surface area contributed by atoms with Gasteiger partial charge in [-0.1, -0.05) is 42.5 Å². The summed E-state index contributed by atoms with van der Waals surface area (Å²) in [5, 5.41) is 2.82. The van der Waals surface area contributed by atoms with Gasteiger partial charge in [0.15, 0.2) is 5.78 Å². The number of anilines is 1. The van der Waals surface area contributed by atoms with Crippen LogP contribution in [0.1, 0.15) is 27.0 Å². The number of para-hydroxylation sites is 1. The highest BCUT2D eigenvalue weighted by atomic mass is 16.5. The minimum absolute atomic E-state index is 0.0253. The topological polar surface area (TPSA) is 101 Å². The smallest absolute Gasteiger partial charge is 0.259 e. The van der Waals surface area contributed by atoms with Crippen LogP contribution in [0, 0.1) is 0 Å². The van der Waals surface area contributed by atoms with Crippen molar-refractivity contribution in [2.24, 2.45) is 0 Å². The fraction of sp³-hybridized carbons (Fsp3) is 0.0476. The minimum atomic E-state index is -1.61. The van der Waals surface area contributed by atoms with Gasteiger partial charge in [-0.3, -0.25) is 14.4 Å². The number of nitrogens with one attached hydrogen (secondary N) is 2. The number of fused-ring (bicyclic) bond motifs is 7. The van der Waals surface area contributed by atoms with E-state index in [0.29, 0.717) is 22.4 Å². The first kappa shape index (κ1) is 15.1. The molecular formula is C21H11N3O4. The molecule has 1 spiro atoms. The monoisotopic (exact) mass is 369 g/mol. The van der Waals surface area contributed by atoms with Crippen LogP contribution in [-0.4, -0.2) is 21.7 Å². The molecule has 0 saturated carbocycles. The lowest BCUT2D eigenvalue weighted by Gasteiger charge is -2.33. The van der Waals surface area contributed by atoms with Crippen LogP contribution in [-0.2, 0) is 10.2 Å². The van der Waals surface area contributed by atoms with Crippen LogP contribution >= 0.6 is 0 Å². The van der Waals surface area contributed by atoms with Gasteiger partial charge in [0.1, 0.15) is 16.7 Å². The van der Waals surface area contributed by atoms with E-state index in [2.05, 4.69) is 15.3 Å². The summed E-state index contributed by atoms with van der Waals surface area (Å²) < 4.78 is 5.93. The SMILES string of the molecule is O=C1C2=C(Oc3nc[nH]c(=O)c3C23C(=O)Nc2ccccc23)c2ccccc21. The Morgan fingerprint density at radius 2 is 1.68 bits per heavy atom. The number of H-pyrrole nitrogens is 1. The van der Waals surface area contributed by atoms with Gasteiger partial charge in [0.2, 0.25) is 11.8 Å². The number of hydrogen-bond donors (Lipinski definition) is 2. The van der Waals surface area contributed by atoms with Gasteiger partial charge in [-0.15, -0.1) is 0 Å². The summed E-state index contributed by atoms with van der Waals surface area (Å²) in [6.45, 7) is 0. The molecule has 1 amide bonds. The number of ether oxygens (including phenoxy) is 1. The number of carbonyl (C=O) groups is 2. The largest absolute Gasteiger partial charge is 0.437 e. The fourth-order valence-corrected chi connectivity index (χ4v) is 4.47. The van der Waals surface area contributed by atoms with Crippen molar-refractivity contribution in [1.29, 1.82) is 0 Å². The van der Waals surface area contributed by atoms with Crippen LogP contribution in [0.3, 0.4) is 0 Å². The quantitative estimate of drug-likeness (QED) is 0.631. The lowest BCUT2D eigenvalue weighted by Crippen LogP contribution is -2.46. The third-order valence-electron chi connectivity index (χ3n) is 5.56. The summed E-state index contributed by atoms with van der Waals surface area (Å²) in [6.07, 6.45) is 1.22. The summed E-state index contributed by atoms with van der Waals surface area (Å²) in [5.74, 6) is -0.492. The van der Waals surface area contributed by atoms with E-state index in [-0.39, 0.29) is 28.6 Å². The maximum absolute atomic E-state index is 13.4. The summed E-state index contributed by atoms with van der Waals surface area (Å²) in [4.78, 5) is 46.4. The standard InChI is InChI=1S/C21H11N3O4/c25-16-10-5-1-2-6-11(10)17-14(16)21(15-18(26)22-9-23-19(15)28-17)12-7-3-4-8-13(12)24-20(21)27/h1-9H,(H,24,27)(H,22,23,26). The van der Waals surface area contributed by atoms with Gasteiger partial charge in [-0.05, 0) is 6.07 Å². The number of carbonyl (C=O) groups excluding carboxylic acids is 2. The third-order valence-corrected chi connectivity index (χ3v) is 5.56. The number of aromatic nitrogens is 2. The van der Waals surface area contributed by atoms with Gasteiger partial charge in [0.05, 0.1) is 11.9 Å². The summed E-state index contributed by atoms with van der Waals surface area (Å²) in [5.41, 5.74) is 0.167. The van der Waals surface area contributed by atoms with Crippen LogP contribution in [0.5, 0.6) is 5.88 Å². The first-order valence-electron chi connectivity index (χ1n) is 8.70. The highest BCUT2D eigenvalue weighted by Crippen LogP contribution is 2.56. The highest BCUT2D eigenvalue weighted by molar-refractivity contribution is 6.29. The van der Waals surface area contributed by atoms with Crippen LogP contribution < -0.4 is 15.6 Å². The maximum atomic E-state index is 13.4. The number of Topliss-reactive ketones (excluding diaryl/α,β-unsaturated/α-hetero) is 1. The highest BCUT2D eigenvalue weighted by Gasteiger charge is 2.61. The molecule has 1 atom stereocenters. The number of benzene rings is 2. The lowest BCUT2D eigenvalue weighted by atomic mass is 9.68. The molecule has 2 N–H and O–H groups in total. The number of ketones is 1. The van der Waals surface area contributed by atoms with Gasteiger partial charge < -0.3 is 15.0 Å². The van der Waals surface area contributed by atoms with E-state index in [4.69, 9.17) is 4.74 Å². The molecule has 134 valence electrons. The van der Waals surface area contributed by atoms with E-state index in [9.17, 15) is 14.4 Å². The molecular weight excluding hydrogens is 358 g/mol. The van der Waals surface area contributed by atoms with Gasteiger partial charge in [0.25, 0.3) is 5.56 Å². The van der Waals surface area contributed by atoms with Gasteiger partial charge in [0, 0.05) is 22.4 Å². The summed E-state index contributed by atoms with van der Waals surface area (Å²) >= 11 is 0. The van der Waals surface area contributed by atoms with Crippen molar-refractivity contribution in [3.8, 4) is 5.88 Å². The Morgan fingerprint density at radius 3 is 2.54 bits per heavy atom. The van der Waals surface area contributed by atoms with Crippen molar-refractivity contribution >= 4 is 23.1 Å². The van der Waals surface area contributed by atoms with Crippen molar-refractivity contribution in [3.05, 3.63) is 93.0 Å². The molecule has 7 heteroatoms. The molecule has 3 heterocycles. The first-order valence-corrected chi connectivity index (χ1v) is 8.70. The Kier molecular flexibility index (Phi) is 2.60. The Hall–Kier alpha value is -4.00. The summed E-state index contributed by atoms with van der Waals surface area (Å²) in [7, 11) is 0. The van der Waals surface area contributed by atoms with E-state index < -0.39 is 16.9 Å². The van der Waals surface area contributed by atoms with Crippen LogP contribution in [0.4, 0.5) is 5.69 Å². The van der Waals surface area contributed by atoms with Crippen molar-refractivity contribution < 1.29 is 14.3 Å². The van der Waals surface area contributed by atoms with Gasteiger partial charge >= 0.3 is 0 Å². The number of hydrogen-bond acceptors (Lipinski definition) is 5. The number of amides is 1. The molecule has 1 aliphatic carbocycles. The van der Waals surface area contributed by atoms with Crippen molar-refractivity contribution in [2.75, 3.05) is 5.32 Å². The molecule has 1 unspecified atom stereocenters. The van der Waals surface area contributed by atoms with Crippen molar-refractivity contribution in [3.63, 3.8) is 0 Å². The Bertz CT molecular complexity index is 1340. The van der Waals surface area contributed by atoms with E-state index in [0.717, 1.165) is 0 Å². The Balaban J connectivity index is 1.81. The zero-order valence-electron chi connectivity index (χ0n) is 14.3. The van der Waals surface area contributed by atoms with E-state index >= 15 is 0 Å². The minimum Gasteiger partial charge on any atom is -0.437 e. The predicted molar refractivity (Wildman–Crippen MR) is 99.0 cm³/mol. The summed E-state index contributed by atoms with van der Waals surface area (Å²) in [6, 6.07) is 14.0. The molecule has 28 heavy (non-hydrogen) atoms. The van der Waals surface area contributed by atoms with Crippen LogP contribution in [0.2, 0.25) is 0 Å². The lowest BCUT2D eigenvalue weighted by molar-refractivity contribution is -0.118. The first-order chi connectivity index (χ1) is 13.6. The fourth-order valence-electron chi connectivity index (χ4n) is 4.47. The van der Waals surface area contributed by atoms with E-state index in [1.54, 1.807) is 48.5 Å². The average molecular weight is 369 g/mol. The van der Waals surface area contributed by atoms with E-state index in [1.807, 2.05) is 0 Å². The molecule has 0 saturated heterocycles. The Morgan fingerprint density at radius 1 is 0.929 bits per heavy atom. The Labute approximate surface area is 157 Å². The number of nitrogens with zero attached hydrogens (tertiary/aromatic N) is 1. The zero-order valence-corrected chi connectivity index (χ0v) is 14.3. The van der Waals surface area contributed by atoms with Gasteiger partial charge in [-0.25, -0.2) is 4.98 Å². The third kappa shape index (κ3) is 1.52. The van der Waals surface area contributed by atoms with E-state index in [1.165, 1.54) is 6.33 Å². The van der Waals surface area contributed by atoms with Gasteiger partial charge in [-0.2, -0.15) is 0 Å². The molecule has 2 aromatic carbocycles. The molecule has 3 aliphatic rings. The maximum Gasteiger partial charge on any atom is 0.259 e. The second-order valence-electron chi connectivity index (χ2n) is 6.84. The molecule has 3 aromatic rings. The predicted octanol–water partition coefficient (Wildman–Crippen LogP) is 2.01. The zero-order chi connectivity index (χ0) is 19.0.